The Morgan fingerprint density at radius 2 is 2.33 bits per heavy atom. The van der Waals surface area contributed by atoms with Crippen LogP contribution in [0.4, 0.5) is 0 Å². The van der Waals surface area contributed by atoms with E-state index in [1.807, 2.05) is 0 Å². The molecule has 1 N–H and O–H groups in total. The van der Waals surface area contributed by atoms with Gasteiger partial charge in [0.05, 0.1) is 0 Å². The van der Waals surface area contributed by atoms with Gasteiger partial charge in [-0.3, -0.25) is 0 Å². The van der Waals surface area contributed by atoms with Crippen molar-refractivity contribution in [3.63, 3.8) is 0 Å². The van der Waals surface area contributed by atoms with Gasteiger partial charge in [-0.05, 0) is 6.08 Å². The largest absolute Gasteiger partial charge is 0.430 e. The zero-order chi connectivity index (χ0) is 4.24. The molecular formula is C5H9O+. The molecule has 1 rings (SSSR count). The summed E-state index contributed by atoms with van der Waals surface area (Å²) in [5.41, 5.74) is 0. The van der Waals surface area contributed by atoms with Crippen molar-refractivity contribution in [3.8, 4) is 0 Å². The molecule has 0 amide bonds. The summed E-state index contributed by atoms with van der Waals surface area (Å²) in [6, 6.07) is 0. The number of hydrogen-bond donors (Lipinski definition) is 0. The second-order valence-electron chi connectivity index (χ2n) is 1.39. The highest BCUT2D eigenvalue weighted by atomic mass is 16.5. The fourth-order valence-corrected chi connectivity index (χ4v) is 0.524. The Bertz CT molecular complexity index is 49.0. The molecule has 0 bridgehead atoms. The highest BCUT2D eigenvalue weighted by Gasteiger charge is 1.90. The van der Waals surface area contributed by atoms with Crippen molar-refractivity contribution in [2.75, 3.05) is 13.2 Å². The van der Waals surface area contributed by atoms with Gasteiger partial charge in [0.15, 0.2) is 6.61 Å². The van der Waals surface area contributed by atoms with Gasteiger partial charge in [-0.25, -0.2) is 0 Å². The molecule has 0 atom stereocenters. The standard InChI is InChI=1S/C5H8O/c1-2-4-6-5-3-1/h1-2H,3-5H2/p+1. The van der Waals surface area contributed by atoms with Crippen LogP contribution in [0.15, 0.2) is 12.2 Å². The predicted molar refractivity (Wildman–Crippen MR) is 25.7 cm³/mol. The summed E-state index contributed by atoms with van der Waals surface area (Å²) >= 11 is 0. The molecule has 0 aromatic rings. The first-order valence-electron chi connectivity index (χ1n) is 2.28. The molecule has 0 saturated carbocycles. The SMILES string of the molecule is C1=CC[OH+]CC1. The van der Waals surface area contributed by atoms with Crippen LogP contribution in [0.5, 0.6) is 0 Å². The smallest absolute Gasteiger partial charge is 0.164 e. The van der Waals surface area contributed by atoms with E-state index in [1.54, 1.807) is 0 Å². The van der Waals surface area contributed by atoms with Gasteiger partial charge >= 0.3 is 0 Å². The van der Waals surface area contributed by atoms with Crippen LogP contribution >= 0.6 is 0 Å². The summed E-state index contributed by atoms with van der Waals surface area (Å²) in [5, 5.41) is 0. The molecule has 0 spiro atoms. The summed E-state index contributed by atoms with van der Waals surface area (Å²) in [6.45, 7) is 1.98. The third kappa shape index (κ3) is 0.830. The summed E-state index contributed by atoms with van der Waals surface area (Å²) in [4.78, 5) is 0. The van der Waals surface area contributed by atoms with Crippen LogP contribution in [0.1, 0.15) is 6.42 Å². The quantitative estimate of drug-likeness (QED) is 0.299. The molecule has 6 heavy (non-hydrogen) atoms. The first kappa shape index (κ1) is 3.88. The van der Waals surface area contributed by atoms with Gasteiger partial charge in [0.1, 0.15) is 6.61 Å². The van der Waals surface area contributed by atoms with Crippen LogP contribution in [0.3, 0.4) is 0 Å². The molecule has 0 unspecified atom stereocenters. The van der Waals surface area contributed by atoms with Crippen LogP contribution in [0.2, 0.25) is 0 Å². The average molecular weight is 85.1 g/mol. The monoisotopic (exact) mass is 85.1 g/mol. The molecule has 34 valence electrons. The predicted octanol–water partition coefficient (Wildman–Crippen LogP) is 0.474. The molecule has 1 nitrogen and oxygen atoms in total. The van der Waals surface area contributed by atoms with E-state index in [-0.39, 0.29) is 0 Å². The highest BCUT2D eigenvalue weighted by Crippen LogP contribution is 1.88. The van der Waals surface area contributed by atoms with Gasteiger partial charge in [0.25, 0.3) is 0 Å². The number of hydrogen-bond acceptors (Lipinski definition) is 0. The van der Waals surface area contributed by atoms with Crippen LogP contribution in [-0.4, -0.2) is 18.0 Å². The maximum Gasteiger partial charge on any atom is 0.164 e. The molecule has 0 aliphatic carbocycles. The molecule has 1 aliphatic heterocycles. The van der Waals surface area contributed by atoms with E-state index in [0.29, 0.717) is 0 Å². The molecule has 0 aromatic carbocycles. The Morgan fingerprint density at radius 3 is 2.50 bits per heavy atom. The number of aliphatic hydroxyl groups is 2. The summed E-state index contributed by atoms with van der Waals surface area (Å²) < 4.78 is 4.09. The first-order chi connectivity index (χ1) is 3.00. The first-order valence-corrected chi connectivity index (χ1v) is 2.28. The minimum atomic E-state index is 0.944. The molecule has 1 aliphatic rings. The summed E-state index contributed by atoms with van der Waals surface area (Å²) in [5.74, 6) is 0. The molecule has 1 heteroatoms. The van der Waals surface area contributed by atoms with E-state index < -0.39 is 0 Å². The average Bonchev–Trinajstić information content (AvgIpc) is 1.72. The lowest BCUT2D eigenvalue weighted by Crippen LogP contribution is -2.02. The second-order valence-corrected chi connectivity index (χ2v) is 1.39. The number of ether oxygens (including phenoxy) is 1. The van der Waals surface area contributed by atoms with Crippen LogP contribution in [-0.2, 0) is 0 Å². The zero-order valence-corrected chi connectivity index (χ0v) is 3.72. The van der Waals surface area contributed by atoms with Gasteiger partial charge in [0.2, 0.25) is 0 Å². The fourth-order valence-electron chi connectivity index (χ4n) is 0.524. The lowest BCUT2D eigenvalue weighted by Gasteiger charge is -1.97. The molecule has 0 saturated heterocycles. The van der Waals surface area contributed by atoms with E-state index in [0.717, 1.165) is 19.6 Å². The lowest BCUT2D eigenvalue weighted by atomic mass is 10.3. The maximum absolute atomic E-state index is 4.09. The van der Waals surface area contributed by atoms with Crippen molar-refractivity contribution in [3.05, 3.63) is 12.2 Å². The van der Waals surface area contributed by atoms with E-state index in [9.17, 15) is 0 Å². The van der Waals surface area contributed by atoms with Crippen LogP contribution in [0, 0.1) is 0 Å². The second kappa shape index (κ2) is 1.98. The Balaban J connectivity index is 2.26. The Kier molecular flexibility index (Phi) is 1.28. The summed E-state index contributed by atoms with van der Waals surface area (Å²) in [6.07, 6.45) is 5.43. The molecule has 0 fully saturated rings. The van der Waals surface area contributed by atoms with Gasteiger partial charge in [-0.1, -0.05) is 6.08 Å². The van der Waals surface area contributed by atoms with Crippen LogP contribution in [0.25, 0.3) is 0 Å². The van der Waals surface area contributed by atoms with Crippen molar-refractivity contribution in [1.29, 1.82) is 0 Å². The fraction of sp³-hybridized carbons (Fsp3) is 0.600. The van der Waals surface area contributed by atoms with E-state index >= 15 is 0 Å². The van der Waals surface area contributed by atoms with Crippen molar-refractivity contribution in [2.24, 2.45) is 0 Å². The van der Waals surface area contributed by atoms with Crippen molar-refractivity contribution in [2.45, 2.75) is 6.42 Å². The van der Waals surface area contributed by atoms with E-state index in [1.165, 1.54) is 0 Å². The van der Waals surface area contributed by atoms with Gasteiger partial charge < -0.3 is 4.74 Å². The third-order valence-corrected chi connectivity index (χ3v) is 0.855. The van der Waals surface area contributed by atoms with Gasteiger partial charge in [-0.2, -0.15) is 0 Å². The topological polar surface area (TPSA) is 12.8 Å². The van der Waals surface area contributed by atoms with Gasteiger partial charge in [0, 0.05) is 6.42 Å². The Labute approximate surface area is 37.6 Å². The third-order valence-electron chi connectivity index (χ3n) is 0.855. The van der Waals surface area contributed by atoms with Gasteiger partial charge in [-0.15, -0.1) is 0 Å². The van der Waals surface area contributed by atoms with Crippen molar-refractivity contribution >= 4 is 0 Å². The van der Waals surface area contributed by atoms with E-state index in [2.05, 4.69) is 16.9 Å². The molecule has 1 heterocycles. The lowest BCUT2D eigenvalue weighted by molar-refractivity contribution is -0.0191. The van der Waals surface area contributed by atoms with E-state index in [4.69, 9.17) is 0 Å². The molecular weight excluding hydrogens is 76.1 g/mol. The number of rotatable bonds is 0. The normalized spacial score (nSPS) is 21.3. The van der Waals surface area contributed by atoms with Crippen LogP contribution < -0.4 is 0 Å². The zero-order valence-electron chi connectivity index (χ0n) is 3.72. The van der Waals surface area contributed by atoms with Crippen molar-refractivity contribution in [1.82, 2.24) is 0 Å². The Morgan fingerprint density at radius 1 is 1.33 bits per heavy atom. The molecule has 0 aromatic heterocycles. The highest BCUT2D eigenvalue weighted by molar-refractivity contribution is 4.83. The maximum atomic E-state index is 4.09. The Hall–Kier alpha value is -0.300. The minimum absolute atomic E-state index is 0.944. The minimum Gasteiger partial charge on any atom is -0.430 e. The summed E-state index contributed by atoms with van der Waals surface area (Å²) in [7, 11) is 0. The van der Waals surface area contributed by atoms with Crippen molar-refractivity contribution < 1.29 is 4.74 Å². The molecule has 0 radical (unpaired) electrons.